The van der Waals surface area contributed by atoms with Crippen LogP contribution in [-0.2, 0) is 6.42 Å². The molecule has 0 unspecified atom stereocenters. The van der Waals surface area contributed by atoms with Crippen molar-refractivity contribution in [2.45, 2.75) is 34.1 Å². The van der Waals surface area contributed by atoms with E-state index in [1.807, 2.05) is 39.0 Å². The summed E-state index contributed by atoms with van der Waals surface area (Å²) in [4.78, 5) is 12.4. The predicted molar refractivity (Wildman–Crippen MR) is 92.8 cm³/mol. The van der Waals surface area contributed by atoms with Gasteiger partial charge in [0.05, 0.1) is 11.4 Å². The number of nitrogens with one attached hydrogen (secondary N) is 1. The second-order valence-corrected chi connectivity index (χ2v) is 6.57. The lowest BCUT2D eigenvalue weighted by atomic mass is 10.1. The highest BCUT2D eigenvalue weighted by Crippen LogP contribution is 2.19. The highest BCUT2D eigenvalue weighted by atomic mass is 32.1. The molecule has 8 heteroatoms. The van der Waals surface area contributed by atoms with E-state index in [4.69, 9.17) is 0 Å². The largest absolute Gasteiger partial charge is 0.295 e. The third-order valence-electron chi connectivity index (χ3n) is 3.83. The van der Waals surface area contributed by atoms with Crippen LogP contribution in [0.1, 0.15) is 39.2 Å². The van der Waals surface area contributed by atoms with Crippen molar-refractivity contribution >= 4 is 22.4 Å². The molecule has 0 fully saturated rings. The quantitative estimate of drug-likeness (QED) is 0.788. The number of aryl methyl sites for hydroxylation is 3. The molecule has 2 aromatic heterocycles. The van der Waals surface area contributed by atoms with E-state index in [0.29, 0.717) is 10.8 Å². The summed E-state index contributed by atoms with van der Waals surface area (Å²) in [5.74, 6) is -0.332. The zero-order valence-electron chi connectivity index (χ0n) is 14.0. The number of rotatable bonds is 4. The van der Waals surface area contributed by atoms with Crippen molar-refractivity contribution in [1.82, 2.24) is 25.2 Å². The molecule has 0 radical (unpaired) electrons. The summed E-state index contributed by atoms with van der Waals surface area (Å²) < 4.78 is 1.67. The van der Waals surface area contributed by atoms with Crippen LogP contribution in [-0.4, -0.2) is 31.1 Å². The van der Waals surface area contributed by atoms with Gasteiger partial charge in [-0.2, -0.15) is 0 Å². The predicted octanol–water partition coefficient (Wildman–Crippen LogP) is 2.86. The molecular formula is C16H18N6OS. The molecular weight excluding hydrogens is 324 g/mol. The van der Waals surface area contributed by atoms with E-state index in [1.165, 1.54) is 16.9 Å². The van der Waals surface area contributed by atoms with Crippen molar-refractivity contribution in [2.24, 2.45) is 0 Å². The van der Waals surface area contributed by atoms with Crippen molar-refractivity contribution in [3.63, 3.8) is 0 Å². The highest BCUT2D eigenvalue weighted by Gasteiger charge is 2.19. The summed E-state index contributed by atoms with van der Waals surface area (Å²) in [6, 6.07) is 6.01. The summed E-state index contributed by atoms with van der Waals surface area (Å²) >= 11 is 1.36. The first kappa shape index (κ1) is 16.3. The molecule has 0 atom stereocenters. The normalized spacial score (nSPS) is 10.8. The molecule has 1 aromatic carbocycles. The van der Waals surface area contributed by atoms with Gasteiger partial charge in [-0.15, -0.1) is 15.3 Å². The van der Waals surface area contributed by atoms with Gasteiger partial charge in [0.1, 0.15) is 5.01 Å². The molecule has 7 nitrogen and oxygen atoms in total. The molecule has 0 aliphatic rings. The maximum absolute atomic E-state index is 12.4. The number of carbonyl (C=O) groups excluding carboxylic acids is 1. The molecule has 3 rings (SSSR count). The summed E-state index contributed by atoms with van der Waals surface area (Å²) in [5.41, 5.74) is 4.20. The fourth-order valence-corrected chi connectivity index (χ4v) is 2.92. The monoisotopic (exact) mass is 342 g/mol. The van der Waals surface area contributed by atoms with Crippen LogP contribution >= 0.6 is 11.3 Å². The highest BCUT2D eigenvalue weighted by molar-refractivity contribution is 7.15. The maximum Gasteiger partial charge on any atom is 0.279 e. The molecule has 3 aromatic rings. The standard InChI is InChI=1S/C16H18N6OS/c1-5-13-18-20-16(24-13)17-15(23)14-11(4)22(21-19-14)12-7-6-9(2)10(3)8-12/h6-8H,5H2,1-4H3,(H,17,20,23). The van der Waals surface area contributed by atoms with Crippen LogP contribution in [0.3, 0.4) is 0 Å². The zero-order chi connectivity index (χ0) is 17.3. The second kappa shape index (κ2) is 6.48. The molecule has 0 aliphatic heterocycles. The van der Waals surface area contributed by atoms with E-state index in [2.05, 4.69) is 32.7 Å². The molecule has 2 heterocycles. The Morgan fingerprint density at radius 2 is 1.96 bits per heavy atom. The number of carbonyl (C=O) groups is 1. The Hall–Kier alpha value is -2.61. The third kappa shape index (κ3) is 3.05. The summed E-state index contributed by atoms with van der Waals surface area (Å²) in [6.07, 6.45) is 0.787. The van der Waals surface area contributed by atoms with E-state index in [-0.39, 0.29) is 11.6 Å². The topological polar surface area (TPSA) is 85.6 Å². The SMILES string of the molecule is CCc1nnc(NC(=O)c2nnn(-c3ccc(C)c(C)c3)c2C)s1. The van der Waals surface area contributed by atoms with Crippen LogP contribution in [0.4, 0.5) is 5.13 Å². The minimum Gasteiger partial charge on any atom is -0.295 e. The Bertz CT molecular complexity index is 898. The van der Waals surface area contributed by atoms with Gasteiger partial charge >= 0.3 is 0 Å². The van der Waals surface area contributed by atoms with Crippen LogP contribution in [0.5, 0.6) is 0 Å². The molecule has 1 amide bonds. The average molecular weight is 342 g/mol. The third-order valence-corrected chi connectivity index (χ3v) is 4.82. The smallest absolute Gasteiger partial charge is 0.279 e. The van der Waals surface area contributed by atoms with Crippen molar-refractivity contribution in [3.8, 4) is 5.69 Å². The Kier molecular flexibility index (Phi) is 4.39. The number of nitrogens with zero attached hydrogens (tertiary/aromatic N) is 5. The Morgan fingerprint density at radius 3 is 2.62 bits per heavy atom. The second-order valence-electron chi connectivity index (χ2n) is 5.51. The number of anilines is 1. The molecule has 1 N–H and O–H groups in total. The molecule has 0 bridgehead atoms. The minimum absolute atomic E-state index is 0.279. The average Bonchev–Trinajstić information content (AvgIpc) is 3.16. The zero-order valence-corrected chi connectivity index (χ0v) is 14.8. The van der Waals surface area contributed by atoms with E-state index >= 15 is 0 Å². The van der Waals surface area contributed by atoms with Crippen LogP contribution in [0.2, 0.25) is 0 Å². The first-order valence-electron chi connectivity index (χ1n) is 7.63. The van der Waals surface area contributed by atoms with Crippen LogP contribution in [0, 0.1) is 20.8 Å². The Morgan fingerprint density at radius 1 is 1.17 bits per heavy atom. The molecule has 0 aliphatic carbocycles. The Labute approximate surface area is 143 Å². The number of amides is 1. The van der Waals surface area contributed by atoms with E-state index in [1.54, 1.807) is 4.68 Å². The van der Waals surface area contributed by atoms with Crippen LogP contribution in [0.15, 0.2) is 18.2 Å². The number of hydrogen-bond acceptors (Lipinski definition) is 6. The van der Waals surface area contributed by atoms with E-state index in [0.717, 1.165) is 22.7 Å². The van der Waals surface area contributed by atoms with Crippen LogP contribution < -0.4 is 5.32 Å². The van der Waals surface area contributed by atoms with Crippen molar-refractivity contribution in [2.75, 3.05) is 5.32 Å². The van der Waals surface area contributed by atoms with Gasteiger partial charge in [0.2, 0.25) is 5.13 Å². The first-order chi connectivity index (χ1) is 11.5. The van der Waals surface area contributed by atoms with Gasteiger partial charge in [0.15, 0.2) is 5.69 Å². The van der Waals surface area contributed by atoms with E-state index in [9.17, 15) is 4.79 Å². The van der Waals surface area contributed by atoms with Gasteiger partial charge in [-0.05, 0) is 50.5 Å². The fourth-order valence-electron chi connectivity index (χ4n) is 2.24. The number of benzene rings is 1. The first-order valence-corrected chi connectivity index (χ1v) is 8.45. The summed E-state index contributed by atoms with van der Waals surface area (Å²) in [7, 11) is 0. The van der Waals surface area contributed by atoms with Crippen molar-refractivity contribution in [1.29, 1.82) is 0 Å². The Balaban J connectivity index is 1.86. The number of aromatic nitrogens is 5. The summed E-state index contributed by atoms with van der Waals surface area (Å²) in [6.45, 7) is 7.91. The molecule has 0 saturated heterocycles. The van der Waals surface area contributed by atoms with Crippen molar-refractivity contribution in [3.05, 3.63) is 45.7 Å². The van der Waals surface area contributed by atoms with Gasteiger partial charge in [-0.1, -0.05) is 29.5 Å². The molecule has 24 heavy (non-hydrogen) atoms. The van der Waals surface area contributed by atoms with E-state index < -0.39 is 0 Å². The molecule has 0 spiro atoms. The lowest BCUT2D eigenvalue weighted by Gasteiger charge is -2.06. The van der Waals surface area contributed by atoms with Gasteiger partial charge in [-0.3, -0.25) is 10.1 Å². The summed E-state index contributed by atoms with van der Waals surface area (Å²) in [5, 5.41) is 20.2. The van der Waals surface area contributed by atoms with Gasteiger partial charge in [0.25, 0.3) is 5.91 Å². The minimum atomic E-state index is -0.332. The van der Waals surface area contributed by atoms with Gasteiger partial charge in [0, 0.05) is 0 Å². The molecule has 0 saturated carbocycles. The van der Waals surface area contributed by atoms with Gasteiger partial charge in [-0.25, -0.2) is 4.68 Å². The molecule has 124 valence electrons. The van der Waals surface area contributed by atoms with Crippen LogP contribution in [0.25, 0.3) is 5.69 Å². The van der Waals surface area contributed by atoms with Crippen molar-refractivity contribution < 1.29 is 4.79 Å². The number of hydrogen-bond donors (Lipinski definition) is 1. The van der Waals surface area contributed by atoms with Gasteiger partial charge < -0.3 is 0 Å². The fraction of sp³-hybridized carbons (Fsp3) is 0.312. The maximum atomic E-state index is 12.4. The lowest BCUT2D eigenvalue weighted by molar-refractivity contribution is 0.102. The lowest BCUT2D eigenvalue weighted by Crippen LogP contribution is -2.14.